The molecule has 1 atom stereocenters. The quantitative estimate of drug-likeness (QED) is 0.873. The third kappa shape index (κ3) is 3.85. The fourth-order valence-electron chi connectivity index (χ4n) is 2.08. The van der Waals surface area contributed by atoms with Gasteiger partial charge in [-0.3, -0.25) is 4.98 Å². The average Bonchev–Trinajstić information content (AvgIpc) is 2.89. The molecule has 2 aromatic rings. The fraction of sp³-hybridized carbons (Fsp3) is 0.467. The van der Waals surface area contributed by atoms with Crippen LogP contribution in [0.25, 0.3) is 10.7 Å². The summed E-state index contributed by atoms with van der Waals surface area (Å²) < 4.78 is 0. The van der Waals surface area contributed by atoms with Crippen molar-refractivity contribution in [1.29, 1.82) is 0 Å². The van der Waals surface area contributed by atoms with Crippen LogP contribution >= 0.6 is 11.3 Å². The van der Waals surface area contributed by atoms with Gasteiger partial charge in [-0.05, 0) is 24.5 Å². The van der Waals surface area contributed by atoms with E-state index in [1.807, 2.05) is 18.2 Å². The minimum Gasteiger partial charge on any atom is -0.308 e. The Morgan fingerprint density at radius 1 is 1.32 bits per heavy atom. The fourth-order valence-corrected chi connectivity index (χ4v) is 2.88. The molecule has 0 saturated heterocycles. The maximum absolute atomic E-state index is 4.64. The van der Waals surface area contributed by atoms with E-state index in [1.54, 1.807) is 17.5 Å². The third-order valence-electron chi connectivity index (χ3n) is 3.23. The van der Waals surface area contributed by atoms with Crippen LogP contribution in [0.1, 0.15) is 32.9 Å². The zero-order valence-corrected chi connectivity index (χ0v) is 12.6. The van der Waals surface area contributed by atoms with Crippen LogP contribution in [0.5, 0.6) is 0 Å². The molecule has 2 rings (SSSR count). The van der Waals surface area contributed by atoms with Crippen LogP contribution in [0.3, 0.4) is 0 Å². The summed E-state index contributed by atoms with van der Waals surface area (Å²) in [7, 11) is 0. The molecule has 1 N–H and O–H groups in total. The second-order valence-corrected chi connectivity index (χ2v) is 5.86. The molecule has 0 aliphatic carbocycles. The van der Waals surface area contributed by atoms with E-state index < -0.39 is 0 Å². The van der Waals surface area contributed by atoms with Gasteiger partial charge in [-0.2, -0.15) is 0 Å². The van der Waals surface area contributed by atoms with Gasteiger partial charge >= 0.3 is 0 Å². The first-order valence-corrected chi connectivity index (χ1v) is 7.68. The molecule has 102 valence electrons. The average molecular weight is 275 g/mol. The van der Waals surface area contributed by atoms with Crippen molar-refractivity contribution >= 4 is 11.3 Å². The van der Waals surface area contributed by atoms with Gasteiger partial charge in [0, 0.05) is 24.2 Å². The lowest BCUT2D eigenvalue weighted by atomic mass is 10.0. The van der Waals surface area contributed by atoms with Crippen LogP contribution in [-0.2, 0) is 6.54 Å². The van der Waals surface area contributed by atoms with Crippen LogP contribution in [-0.4, -0.2) is 16.0 Å². The Morgan fingerprint density at radius 3 is 2.79 bits per heavy atom. The molecule has 1 unspecified atom stereocenters. The van der Waals surface area contributed by atoms with Crippen molar-refractivity contribution in [3.05, 3.63) is 35.5 Å². The highest BCUT2D eigenvalue weighted by Gasteiger charge is 2.11. The highest BCUT2D eigenvalue weighted by Crippen LogP contribution is 2.21. The van der Waals surface area contributed by atoms with Crippen LogP contribution in [0, 0.1) is 5.92 Å². The number of nitrogens with zero attached hydrogens (tertiary/aromatic N) is 2. The van der Waals surface area contributed by atoms with E-state index in [1.165, 1.54) is 0 Å². The molecule has 0 aliphatic heterocycles. The molecule has 0 amide bonds. The Bertz CT molecular complexity index is 493. The Labute approximate surface area is 119 Å². The van der Waals surface area contributed by atoms with E-state index in [0.29, 0.717) is 12.0 Å². The summed E-state index contributed by atoms with van der Waals surface area (Å²) >= 11 is 1.66. The summed E-state index contributed by atoms with van der Waals surface area (Å²) in [4.78, 5) is 8.97. The standard InChI is InChI=1S/C15H21N3S/c1-4-13(11(2)3)17-9-12-10-19-15(18-12)14-7-5-6-8-16-14/h5-8,10-11,13,17H,4,9H2,1-3H3. The smallest absolute Gasteiger partial charge is 0.142 e. The predicted octanol–water partition coefficient (Wildman–Crippen LogP) is 3.73. The lowest BCUT2D eigenvalue weighted by Gasteiger charge is -2.19. The van der Waals surface area contributed by atoms with E-state index in [-0.39, 0.29) is 0 Å². The Hall–Kier alpha value is -1.26. The number of rotatable bonds is 6. The molecule has 0 aliphatic rings. The highest BCUT2D eigenvalue weighted by atomic mass is 32.1. The van der Waals surface area contributed by atoms with Gasteiger partial charge in [-0.1, -0.05) is 26.8 Å². The number of nitrogens with one attached hydrogen (secondary N) is 1. The van der Waals surface area contributed by atoms with E-state index in [9.17, 15) is 0 Å². The van der Waals surface area contributed by atoms with Gasteiger partial charge in [0.25, 0.3) is 0 Å². The predicted molar refractivity (Wildman–Crippen MR) is 81.1 cm³/mol. The van der Waals surface area contributed by atoms with E-state index in [4.69, 9.17) is 0 Å². The van der Waals surface area contributed by atoms with Gasteiger partial charge in [-0.15, -0.1) is 11.3 Å². The maximum Gasteiger partial charge on any atom is 0.142 e. The Kier molecular flexibility index (Phi) is 5.05. The summed E-state index contributed by atoms with van der Waals surface area (Å²) in [6.07, 6.45) is 2.95. The molecular formula is C15H21N3S. The van der Waals surface area contributed by atoms with E-state index >= 15 is 0 Å². The summed E-state index contributed by atoms with van der Waals surface area (Å²) in [5.74, 6) is 0.652. The molecule has 2 heterocycles. The Balaban J connectivity index is 1.98. The molecule has 0 bridgehead atoms. The number of pyridine rings is 1. The number of thiazole rings is 1. The van der Waals surface area contributed by atoms with Gasteiger partial charge in [-0.25, -0.2) is 4.98 Å². The summed E-state index contributed by atoms with van der Waals surface area (Å²) in [6.45, 7) is 7.56. The molecule has 0 radical (unpaired) electrons. The van der Waals surface area contributed by atoms with Crippen molar-refractivity contribution in [3.63, 3.8) is 0 Å². The topological polar surface area (TPSA) is 37.8 Å². The monoisotopic (exact) mass is 275 g/mol. The van der Waals surface area contributed by atoms with Gasteiger partial charge in [0.05, 0.1) is 11.4 Å². The first kappa shape index (κ1) is 14.2. The summed E-state index contributed by atoms with van der Waals surface area (Å²) in [5.41, 5.74) is 2.06. The zero-order chi connectivity index (χ0) is 13.7. The van der Waals surface area contributed by atoms with Crippen molar-refractivity contribution in [2.24, 2.45) is 5.92 Å². The normalized spacial score (nSPS) is 12.8. The second-order valence-electron chi connectivity index (χ2n) is 5.00. The number of aromatic nitrogens is 2. The van der Waals surface area contributed by atoms with Gasteiger partial charge in [0.1, 0.15) is 5.01 Å². The van der Waals surface area contributed by atoms with Crippen molar-refractivity contribution < 1.29 is 0 Å². The van der Waals surface area contributed by atoms with E-state index in [0.717, 1.165) is 29.4 Å². The van der Waals surface area contributed by atoms with Crippen LogP contribution < -0.4 is 5.32 Å². The highest BCUT2D eigenvalue weighted by molar-refractivity contribution is 7.13. The summed E-state index contributed by atoms with van der Waals surface area (Å²) in [6, 6.07) is 6.47. The van der Waals surface area contributed by atoms with Crippen molar-refractivity contribution in [3.8, 4) is 10.7 Å². The van der Waals surface area contributed by atoms with Gasteiger partial charge in [0.2, 0.25) is 0 Å². The molecular weight excluding hydrogens is 254 g/mol. The zero-order valence-electron chi connectivity index (χ0n) is 11.8. The van der Waals surface area contributed by atoms with Crippen molar-refractivity contribution in [1.82, 2.24) is 15.3 Å². The minimum atomic E-state index is 0.556. The molecule has 0 saturated carbocycles. The lowest BCUT2D eigenvalue weighted by Crippen LogP contribution is -2.32. The number of hydrogen-bond acceptors (Lipinski definition) is 4. The Morgan fingerprint density at radius 2 is 2.16 bits per heavy atom. The van der Waals surface area contributed by atoms with Crippen LogP contribution in [0.2, 0.25) is 0 Å². The lowest BCUT2D eigenvalue weighted by molar-refractivity contribution is 0.386. The number of hydrogen-bond donors (Lipinski definition) is 1. The minimum absolute atomic E-state index is 0.556. The molecule has 0 spiro atoms. The van der Waals surface area contributed by atoms with Crippen LogP contribution in [0.4, 0.5) is 0 Å². The molecule has 2 aromatic heterocycles. The van der Waals surface area contributed by atoms with Crippen LogP contribution in [0.15, 0.2) is 29.8 Å². The van der Waals surface area contributed by atoms with Crippen molar-refractivity contribution in [2.45, 2.75) is 39.8 Å². The molecule has 19 heavy (non-hydrogen) atoms. The third-order valence-corrected chi connectivity index (χ3v) is 4.14. The molecule has 0 fully saturated rings. The first-order valence-electron chi connectivity index (χ1n) is 6.80. The molecule has 3 nitrogen and oxygen atoms in total. The first-order chi connectivity index (χ1) is 9.20. The molecule has 4 heteroatoms. The van der Waals surface area contributed by atoms with E-state index in [2.05, 4.69) is 41.4 Å². The summed E-state index contributed by atoms with van der Waals surface area (Å²) in [5, 5.41) is 6.68. The maximum atomic E-state index is 4.64. The second kappa shape index (κ2) is 6.78. The largest absolute Gasteiger partial charge is 0.308 e. The van der Waals surface area contributed by atoms with Gasteiger partial charge in [0.15, 0.2) is 0 Å². The van der Waals surface area contributed by atoms with Crippen molar-refractivity contribution in [2.75, 3.05) is 0 Å². The molecule has 0 aromatic carbocycles. The van der Waals surface area contributed by atoms with Gasteiger partial charge < -0.3 is 5.32 Å². The SMILES string of the molecule is CCC(NCc1csc(-c2ccccn2)n1)C(C)C.